The molecule has 96 valence electrons. The molecule has 0 radical (unpaired) electrons. The molecule has 2 aromatic heterocycles. The van der Waals surface area contributed by atoms with Crippen molar-refractivity contribution in [2.24, 2.45) is 0 Å². The van der Waals surface area contributed by atoms with Gasteiger partial charge in [0.2, 0.25) is 0 Å². The van der Waals surface area contributed by atoms with Crippen molar-refractivity contribution >= 4 is 0 Å². The first-order chi connectivity index (χ1) is 8.70. The maximum absolute atomic E-state index is 8.96. The van der Waals surface area contributed by atoms with Crippen molar-refractivity contribution in [2.45, 2.75) is 26.1 Å². The molecule has 0 aliphatic carbocycles. The van der Waals surface area contributed by atoms with Crippen LogP contribution in [0.4, 0.5) is 0 Å². The van der Waals surface area contributed by atoms with Gasteiger partial charge in [-0.2, -0.15) is 0 Å². The van der Waals surface area contributed by atoms with E-state index in [0.29, 0.717) is 12.3 Å². The van der Waals surface area contributed by atoms with Crippen molar-refractivity contribution in [2.75, 3.05) is 7.05 Å². The van der Waals surface area contributed by atoms with E-state index in [9.17, 15) is 0 Å². The normalized spacial score (nSPS) is 12.9. The van der Waals surface area contributed by atoms with Crippen molar-refractivity contribution in [3.8, 4) is 0 Å². The van der Waals surface area contributed by atoms with E-state index in [4.69, 9.17) is 9.52 Å². The summed E-state index contributed by atoms with van der Waals surface area (Å²) in [6.45, 7) is 2.78. The van der Waals surface area contributed by atoms with Crippen LogP contribution < -0.4 is 0 Å². The lowest BCUT2D eigenvalue weighted by atomic mass is 10.1. The highest BCUT2D eigenvalue weighted by atomic mass is 16.4. The molecule has 0 aliphatic heterocycles. The van der Waals surface area contributed by atoms with Crippen LogP contribution in [0.3, 0.4) is 0 Å². The third-order valence-electron chi connectivity index (χ3n) is 3.11. The molecule has 1 N–H and O–H groups in total. The Hall–Kier alpha value is -1.65. The second kappa shape index (κ2) is 5.80. The monoisotopic (exact) mass is 246 g/mol. The smallest absolute Gasteiger partial charge is 0.129 e. The number of rotatable bonds is 5. The average Bonchev–Trinajstić information content (AvgIpc) is 2.86. The Balaban J connectivity index is 2.01. The Labute approximate surface area is 107 Å². The van der Waals surface area contributed by atoms with Gasteiger partial charge >= 0.3 is 0 Å². The highest BCUT2D eigenvalue weighted by Gasteiger charge is 2.13. The molecule has 1 atom stereocenters. The molecule has 0 aliphatic rings. The van der Waals surface area contributed by atoms with Gasteiger partial charge < -0.3 is 9.52 Å². The van der Waals surface area contributed by atoms with E-state index in [1.165, 1.54) is 5.56 Å². The minimum atomic E-state index is -0.0537. The van der Waals surface area contributed by atoms with E-state index in [2.05, 4.69) is 22.9 Å². The third kappa shape index (κ3) is 2.97. The lowest BCUT2D eigenvalue weighted by Crippen LogP contribution is -2.21. The molecule has 0 saturated carbocycles. The van der Waals surface area contributed by atoms with E-state index in [1.54, 1.807) is 12.3 Å². The summed E-state index contributed by atoms with van der Waals surface area (Å²) < 4.78 is 5.48. The van der Waals surface area contributed by atoms with Crippen molar-refractivity contribution in [1.29, 1.82) is 0 Å². The lowest BCUT2D eigenvalue weighted by Gasteiger charge is -2.23. The molecule has 18 heavy (non-hydrogen) atoms. The average molecular weight is 246 g/mol. The van der Waals surface area contributed by atoms with Gasteiger partial charge in [-0.05, 0) is 37.7 Å². The molecular weight excluding hydrogens is 228 g/mol. The topological polar surface area (TPSA) is 49.5 Å². The summed E-state index contributed by atoms with van der Waals surface area (Å²) in [6.07, 6.45) is 3.65. The fourth-order valence-corrected chi connectivity index (χ4v) is 1.85. The highest BCUT2D eigenvalue weighted by Crippen LogP contribution is 2.20. The minimum Gasteiger partial charge on any atom is -0.462 e. The number of nitrogens with zero attached hydrogens (tertiary/aromatic N) is 2. The van der Waals surface area contributed by atoms with Gasteiger partial charge in [-0.15, -0.1) is 0 Å². The van der Waals surface area contributed by atoms with Crippen LogP contribution in [0.1, 0.15) is 30.0 Å². The molecule has 0 saturated heterocycles. The van der Waals surface area contributed by atoms with Crippen LogP contribution in [-0.4, -0.2) is 22.0 Å². The summed E-state index contributed by atoms with van der Waals surface area (Å²) >= 11 is 0. The Kier molecular flexibility index (Phi) is 4.12. The molecule has 2 heterocycles. The molecular formula is C14H18N2O2. The number of aromatic nitrogens is 1. The zero-order chi connectivity index (χ0) is 13.0. The van der Waals surface area contributed by atoms with Gasteiger partial charge in [-0.3, -0.25) is 9.88 Å². The van der Waals surface area contributed by atoms with Gasteiger partial charge in [-0.1, -0.05) is 6.07 Å². The van der Waals surface area contributed by atoms with Gasteiger partial charge in [0.25, 0.3) is 0 Å². The molecule has 0 aromatic carbocycles. The van der Waals surface area contributed by atoms with Gasteiger partial charge in [0, 0.05) is 18.4 Å². The van der Waals surface area contributed by atoms with Crippen molar-refractivity contribution in [3.05, 3.63) is 53.7 Å². The summed E-state index contributed by atoms with van der Waals surface area (Å²) in [5, 5.41) is 8.96. The standard InChI is InChI=1S/C14H18N2O2/c1-11(12-4-3-7-15-8-12)16(2)9-13-5-6-14(10-17)18-13/h3-8,11,17H,9-10H2,1-2H3. The summed E-state index contributed by atoms with van der Waals surface area (Å²) in [4.78, 5) is 6.31. The van der Waals surface area contributed by atoms with E-state index in [-0.39, 0.29) is 12.6 Å². The molecule has 2 rings (SSSR count). The summed E-state index contributed by atoms with van der Waals surface area (Å²) in [6, 6.07) is 7.98. The number of hydrogen-bond acceptors (Lipinski definition) is 4. The fourth-order valence-electron chi connectivity index (χ4n) is 1.85. The van der Waals surface area contributed by atoms with Crippen LogP contribution in [0.25, 0.3) is 0 Å². The highest BCUT2D eigenvalue weighted by molar-refractivity contribution is 5.13. The summed E-state index contributed by atoms with van der Waals surface area (Å²) in [5.41, 5.74) is 1.17. The number of hydrogen-bond donors (Lipinski definition) is 1. The maximum Gasteiger partial charge on any atom is 0.129 e. The van der Waals surface area contributed by atoms with E-state index < -0.39 is 0 Å². The molecule has 1 unspecified atom stereocenters. The first-order valence-corrected chi connectivity index (χ1v) is 5.99. The largest absolute Gasteiger partial charge is 0.462 e. The number of furan rings is 1. The molecule has 0 amide bonds. The number of aliphatic hydroxyl groups excluding tert-OH is 1. The molecule has 0 fully saturated rings. The molecule has 4 nitrogen and oxygen atoms in total. The van der Waals surface area contributed by atoms with E-state index in [0.717, 1.165) is 5.76 Å². The number of aliphatic hydroxyl groups is 1. The SMILES string of the molecule is CC(c1cccnc1)N(C)Cc1ccc(CO)o1. The minimum absolute atomic E-state index is 0.0537. The summed E-state index contributed by atoms with van der Waals surface area (Å²) in [7, 11) is 2.04. The van der Waals surface area contributed by atoms with Crippen molar-refractivity contribution in [1.82, 2.24) is 9.88 Å². The fraction of sp³-hybridized carbons (Fsp3) is 0.357. The van der Waals surface area contributed by atoms with Crippen molar-refractivity contribution < 1.29 is 9.52 Å². The van der Waals surface area contributed by atoms with E-state index in [1.807, 2.05) is 25.4 Å². The maximum atomic E-state index is 8.96. The Morgan fingerprint density at radius 1 is 1.33 bits per heavy atom. The zero-order valence-corrected chi connectivity index (χ0v) is 10.7. The van der Waals surface area contributed by atoms with Crippen LogP contribution in [0.2, 0.25) is 0 Å². The Morgan fingerprint density at radius 2 is 2.11 bits per heavy atom. The molecule has 0 spiro atoms. The lowest BCUT2D eigenvalue weighted by molar-refractivity contribution is 0.212. The van der Waals surface area contributed by atoms with Crippen LogP contribution >= 0.6 is 0 Å². The Bertz CT molecular complexity index is 482. The third-order valence-corrected chi connectivity index (χ3v) is 3.11. The van der Waals surface area contributed by atoms with Crippen LogP contribution in [0, 0.1) is 0 Å². The molecule has 2 aromatic rings. The zero-order valence-electron chi connectivity index (χ0n) is 10.7. The molecule has 0 bridgehead atoms. The predicted molar refractivity (Wildman–Crippen MR) is 68.7 cm³/mol. The van der Waals surface area contributed by atoms with Gasteiger partial charge in [0.05, 0.1) is 6.54 Å². The number of pyridine rings is 1. The van der Waals surface area contributed by atoms with E-state index >= 15 is 0 Å². The second-order valence-corrected chi connectivity index (χ2v) is 4.40. The second-order valence-electron chi connectivity index (χ2n) is 4.40. The van der Waals surface area contributed by atoms with Gasteiger partial charge in [-0.25, -0.2) is 0 Å². The van der Waals surface area contributed by atoms with Gasteiger partial charge in [0.15, 0.2) is 0 Å². The summed E-state index contributed by atoms with van der Waals surface area (Å²) in [5.74, 6) is 1.46. The molecule has 4 heteroatoms. The van der Waals surface area contributed by atoms with Crippen LogP contribution in [-0.2, 0) is 13.2 Å². The first kappa shape index (κ1) is 12.8. The van der Waals surface area contributed by atoms with Crippen LogP contribution in [0.15, 0.2) is 41.1 Å². The van der Waals surface area contributed by atoms with Crippen molar-refractivity contribution in [3.63, 3.8) is 0 Å². The first-order valence-electron chi connectivity index (χ1n) is 5.99. The quantitative estimate of drug-likeness (QED) is 0.880. The Morgan fingerprint density at radius 3 is 2.72 bits per heavy atom. The van der Waals surface area contributed by atoms with Crippen LogP contribution in [0.5, 0.6) is 0 Å². The predicted octanol–water partition coefficient (Wildman–Crippen LogP) is 2.36. The van der Waals surface area contributed by atoms with Gasteiger partial charge in [0.1, 0.15) is 18.1 Å².